The van der Waals surface area contributed by atoms with E-state index >= 15 is 0 Å². The van der Waals surface area contributed by atoms with Crippen molar-refractivity contribution >= 4 is 5.82 Å². The summed E-state index contributed by atoms with van der Waals surface area (Å²) in [5, 5.41) is 10.6. The van der Waals surface area contributed by atoms with Gasteiger partial charge >= 0.3 is 5.82 Å². The summed E-state index contributed by atoms with van der Waals surface area (Å²) in [5.74, 6) is -0.171. The number of hydrogen-bond donors (Lipinski definition) is 1. The van der Waals surface area contributed by atoms with Crippen molar-refractivity contribution in [1.29, 1.82) is 0 Å². The molecule has 0 saturated heterocycles. The van der Waals surface area contributed by atoms with Crippen molar-refractivity contribution in [2.45, 2.75) is 19.4 Å². The Morgan fingerprint density at radius 1 is 1.69 bits per heavy atom. The average molecular weight is 184 g/mol. The summed E-state index contributed by atoms with van der Waals surface area (Å²) in [6, 6.07) is 0. The maximum atomic E-state index is 10.6. The minimum absolute atomic E-state index is 0.171. The largest absolute Gasteiger partial charge is 0.386 e. The zero-order valence-corrected chi connectivity index (χ0v) is 7.81. The van der Waals surface area contributed by atoms with Crippen molar-refractivity contribution < 1.29 is 4.92 Å². The molecule has 13 heavy (non-hydrogen) atoms. The Morgan fingerprint density at radius 2 is 2.23 bits per heavy atom. The third kappa shape index (κ3) is 1.67. The quantitative estimate of drug-likeness (QED) is 0.536. The second kappa shape index (κ2) is 2.81. The summed E-state index contributed by atoms with van der Waals surface area (Å²) in [6.07, 6.45) is 1.39. The average Bonchev–Trinajstić information content (AvgIpc) is 2.28. The van der Waals surface area contributed by atoms with E-state index in [-0.39, 0.29) is 5.82 Å². The van der Waals surface area contributed by atoms with E-state index < -0.39 is 10.5 Å². The van der Waals surface area contributed by atoms with Gasteiger partial charge in [-0.05, 0) is 23.8 Å². The Labute approximate surface area is 75.5 Å². The highest BCUT2D eigenvalue weighted by Crippen LogP contribution is 2.25. The lowest BCUT2D eigenvalue weighted by Crippen LogP contribution is -2.31. The van der Waals surface area contributed by atoms with Crippen LogP contribution in [0.2, 0.25) is 0 Å². The highest BCUT2D eigenvalue weighted by molar-refractivity contribution is 5.32. The van der Waals surface area contributed by atoms with Crippen LogP contribution in [0.1, 0.15) is 19.5 Å². The van der Waals surface area contributed by atoms with Crippen LogP contribution in [0.4, 0.5) is 5.82 Å². The molecular weight excluding hydrogens is 172 g/mol. The van der Waals surface area contributed by atoms with Crippen LogP contribution in [0.3, 0.4) is 0 Å². The van der Waals surface area contributed by atoms with E-state index in [2.05, 4.69) is 4.98 Å². The van der Waals surface area contributed by atoms with Gasteiger partial charge in [-0.2, -0.15) is 0 Å². The maximum Gasteiger partial charge on any atom is 0.386 e. The molecule has 6 heteroatoms. The fourth-order valence-corrected chi connectivity index (χ4v) is 1.29. The van der Waals surface area contributed by atoms with E-state index in [0.29, 0.717) is 5.69 Å². The highest BCUT2D eigenvalue weighted by Gasteiger charge is 2.30. The van der Waals surface area contributed by atoms with Gasteiger partial charge in [0.1, 0.15) is 5.69 Å². The first kappa shape index (κ1) is 9.66. The van der Waals surface area contributed by atoms with Gasteiger partial charge in [-0.25, -0.2) is 0 Å². The van der Waals surface area contributed by atoms with Crippen LogP contribution in [0, 0.1) is 10.1 Å². The molecule has 0 spiro atoms. The number of aromatic nitrogens is 2. The summed E-state index contributed by atoms with van der Waals surface area (Å²) < 4.78 is 1.57. The van der Waals surface area contributed by atoms with Gasteiger partial charge in [0, 0.05) is 7.05 Å². The van der Waals surface area contributed by atoms with Gasteiger partial charge in [0.2, 0.25) is 6.33 Å². The van der Waals surface area contributed by atoms with Gasteiger partial charge in [0.05, 0.1) is 5.54 Å². The van der Waals surface area contributed by atoms with Crippen LogP contribution in [-0.4, -0.2) is 14.5 Å². The Kier molecular flexibility index (Phi) is 2.09. The van der Waals surface area contributed by atoms with Crippen molar-refractivity contribution in [3.05, 3.63) is 22.1 Å². The van der Waals surface area contributed by atoms with E-state index in [4.69, 9.17) is 5.73 Å². The number of nitrogens with zero attached hydrogens (tertiary/aromatic N) is 3. The van der Waals surface area contributed by atoms with Crippen LogP contribution < -0.4 is 5.73 Å². The fraction of sp³-hybridized carbons (Fsp3) is 0.571. The van der Waals surface area contributed by atoms with E-state index in [1.165, 1.54) is 6.33 Å². The number of imidazole rings is 1. The van der Waals surface area contributed by atoms with E-state index in [1.54, 1.807) is 25.5 Å². The van der Waals surface area contributed by atoms with E-state index in [0.717, 1.165) is 0 Å². The van der Waals surface area contributed by atoms with Crippen molar-refractivity contribution in [3.8, 4) is 0 Å². The SMILES string of the molecule is Cn1cnc([N+](=O)[O-])c1C(C)(C)N. The van der Waals surface area contributed by atoms with Crippen molar-refractivity contribution in [2.75, 3.05) is 0 Å². The van der Waals surface area contributed by atoms with Gasteiger partial charge in [-0.1, -0.05) is 0 Å². The topological polar surface area (TPSA) is 87.0 Å². The summed E-state index contributed by atoms with van der Waals surface area (Å²) >= 11 is 0. The molecule has 0 bridgehead atoms. The van der Waals surface area contributed by atoms with Gasteiger partial charge < -0.3 is 20.4 Å². The molecule has 0 fully saturated rings. The molecule has 0 unspecified atom stereocenters. The predicted molar refractivity (Wildman–Crippen MR) is 47.1 cm³/mol. The Morgan fingerprint density at radius 3 is 2.54 bits per heavy atom. The zero-order chi connectivity index (χ0) is 10.2. The molecule has 1 rings (SSSR count). The molecule has 0 amide bonds. The summed E-state index contributed by atoms with van der Waals surface area (Å²) in [4.78, 5) is 13.7. The molecule has 1 heterocycles. The van der Waals surface area contributed by atoms with Crippen LogP contribution in [0.25, 0.3) is 0 Å². The Balaban J connectivity index is 3.33. The summed E-state index contributed by atoms with van der Waals surface area (Å²) in [7, 11) is 1.68. The van der Waals surface area contributed by atoms with Crippen LogP contribution in [-0.2, 0) is 12.6 Å². The molecular formula is C7H12N4O2. The first-order chi connectivity index (χ1) is 5.84. The van der Waals surface area contributed by atoms with E-state index in [9.17, 15) is 10.1 Å². The predicted octanol–water partition coefficient (Wildman–Crippen LogP) is 0.522. The smallest absolute Gasteiger partial charge is 0.358 e. The monoisotopic (exact) mass is 184 g/mol. The van der Waals surface area contributed by atoms with E-state index in [1.807, 2.05) is 0 Å². The van der Waals surface area contributed by atoms with Crippen molar-refractivity contribution in [3.63, 3.8) is 0 Å². The summed E-state index contributed by atoms with van der Waals surface area (Å²) in [5.41, 5.74) is 5.45. The first-order valence-corrected chi connectivity index (χ1v) is 3.79. The molecule has 0 aromatic carbocycles. The minimum atomic E-state index is -0.756. The standard InChI is InChI=1S/C7H12N4O2/c1-7(2,8)5-6(11(12)13)9-4-10(5)3/h4H,8H2,1-3H3. The molecule has 0 radical (unpaired) electrons. The molecule has 0 aliphatic heterocycles. The minimum Gasteiger partial charge on any atom is -0.358 e. The highest BCUT2D eigenvalue weighted by atomic mass is 16.6. The lowest BCUT2D eigenvalue weighted by atomic mass is 10.0. The number of aryl methyl sites for hydroxylation is 1. The van der Waals surface area contributed by atoms with Crippen molar-refractivity contribution in [1.82, 2.24) is 9.55 Å². The molecule has 6 nitrogen and oxygen atoms in total. The Bertz CT molecular complexity index is 337. The summed E-state index contributed by atoms with van der Waals surface area (Å²) in [6.45, 7) is 3.41. The maximum absolute atomic E-state index is 10.6. The third-order valence-electron chi connectivity index (χ3n) is 1.70. The fourth-order valence-electron chi connectivity index (χ4n) is 1.29. The second-order valence-corrected chi connectivity index (χ2v) is 3.51. The van der Waals surface area contributed by atoms with Crippen LogP contribution in [0.5, 0.6) is 0 Å². The van der Waals surface area contributed by atoms with Crippen molar-refractivity contribution in [2.24, 2.45) is 12.8 Å². The molecule has 2 N–H and O–H groups in total. The number of nitrogens with two attached hydrogens (primary N) is 1. The second-order valence-electron chi connectivity index (χ2n) is 3.51. The van der Waals surface area contributed by atoms with Gasteiger partial charge in [-0.3, -0.25) is 0 Å². The molecule has 0 atom stereocenters. The van der Waals surface area contributed by atoms with Gasteiger partial charge in [0.25, 0.3) is 0 Å². The molecule has 1 aromatic heterocycles. The van der Waals surface area contributed by atoms with Gasteiger partial charge in [-0.15, -0.1) is 0 Å². The number of nitro groups is 1. The zero-order valence-electron chi connectivity index (χ0n) is 7.81. The van der Waals surface area contributed by atoms with Crippen LogP contribution in [0.15, 0.2) is 6.33 Å². The number of rotatable bonds is 2. The number of hydrogen-bond acceptors (Lipinski definition) is 4. The molecule has 0 saturated carbocycles. The lowest BCUT2D eigenvalue weighted by molar-refractivity contribution is -0.390. The lowest BCUT2D eigenvalue weighted by Gasteiger charge is -2.17. The molecule has 0 aliphatic rings. The molecule has 0 aliphatic carbocycles. The third-order valence-corrected chi connectivity index (χ3v) is 1.70. The molecule has 72 valence electrons. The normalized spacial score (nSPS) is 11.7. The van der Waals surface area contributed by atoms with Crippen LogP contribution >= 0.6 is 0 Å². The van der Waals surface area contributed by atoms with Gasteiger partial charge in [0.15, 0.2) is 0 Å². The molecule has 1 aromatic rings. The first-order valence-electron chi connectivity index (χ1n) is 3.79. The Hall–Kier alpha value is -1.43.